The van der Waals surface area contributed by atoms with Gasteiger partial charge in [-0.3, -0.25) is 4.79 Å². The number of furan rings is 1. The average Bonchev–Trinajstić information content (AvgIpc) is 3.45. The molecule has 2 aromatic heterocycles. The van der Waals surface area contributed by atoms with Crippen molar-refractivity contribution in [2.45, 2.75) is 13.1 Å². The third-order valence-electron chi connectivity index (χ3n) is 5.03. The fraction of sp³-hybridized carbons (Fsp3) is 0.304. The Hall–Kier alpha value is -2.94. The minimum atomic E-state index is -0.449. The first-order valence-corrected chi connectivity index (χ1v) is 11.0. The second-order valence-corrected chi connectivity index (χ2v) is 8.23. The number of ether oxygens (including phenoxy) is 1. The summed E-state index contributed by atoms with van der Waals surface area (Å²) in [5.74, 6) is 0.425. The highest BCUT2D eigenvalue weighted by Crippen LogP contribution is 2.25. The number of nitrogens with zero attached hydrogens (tertiary/aromatic N) is 3. The molecule has 0 saturated heterocycles. The molecule has 33 heavy (non-hydrogen) atoms. The number of hydrogen-bond acceptors (Lipinski definition) is 4. The summed E-state index contributed by atoms with van der Waals surface area (Å²) in [4.78, 5) is 29.3. The van der Waals surface area contributed by atoms with E-state index in [2.05, 4.69) is 5.32 Å². The molecule has 1 aromatic carbocycles. The maximum Gasteiger partial charge on any atom is 0.322 e. The number of halogens is 2. The summed E-state index contributed by atoms with van der Waals surface area (Å²) in [6, 6.07) is 11.8. The van der Waals surface area contributed by atoms with Gasteiger partial charge in [0.05, 0.1) is 36.0 Å². The molecule has 0 unspecified atom stereocenters. The minimum Gasteiger partial charge on any atom is -0.467 e. The van der Waals surface area contributed by atoms with Crippen LogP contribution in [0.3, 0.4) is 0 Å². The molecular weight excluding hydrogens is 467 g/mol. The zero-order valence-electron chi connectivity index (χ0n) is 18.5. The van der Waals surface area contributed by atoms with E-state index in [0.717, 1.165) is 5.69 Å². The zero-order valence-corrected chi connectivity index (χ0v) is 20.0. The van der Waals surface area contributed by atoms with Gasteiger partial charge in [-0.15, -0.1) is 0 Å². The Morgan fingerprint density at radius 3 is 2.55 bits per heavy atom. The lowest BCUT2D eigenvalue weighted by atomic mass is 10.3. The Balaban J connectivity index is 1.74. The standard InChI is InChI=1S/C23H26Cl2N4O4/c1-27-9-3-5-18(27)14-29(15-19-6-4-11-33-19)22(30)16-28(10-12-32-2)23(31)26-17-7-8-20(24)21(25)13-17/h3-9,11,13H,10,12,14-16H2,1-2H3,(H,26,31). The largest absolute Gasteiger partial charge is 0.467 e. The van der Waals surface area contributed by atoms with E-state index in [1.807, 2.05) is 36.0 Å². The van der Waals surface area contributed by atoms with Crippen LogP contribution in [0.5, 0.6) is 0 Å². The van der Waals surface area contributed by atoms with Crippen molar-refractivity contribution in [2.75, 3.05) is 32.1 Å². The van der Waals surface area contributed by atoms with E-state index in [9.17, 15) is 9.59 Å². The van der Waals surface area contributed by atoms with E-state index in [4.69, 9.17) is 32.4 Å². The van der Waals surface area contributed by atoms with Crippen molar-refractivity contribution in [2.24, 2.45) is 7.05 Å². The lowest BCUT2D eigenvalue weighted by Crippen LogP contribution is -2.45. The number of benzene rings is 1. The van der Waals surface area contributed by atoms with Gasteiger partial charge >= 0.3 is 6.03 Å². The van der Waals surface area contributed by atoms with E-state index >= 15 is 0 Å². The number of carbonyl (C=O) groups is 2. The molecule has 0 bridgehead atoms. The van der Waals surface area contributed by atoms with E-state index < -0.39 is 6.03 Å². The molecule has 0 fully saturated rings. The van der Waals surface area contributed by atoms with Gasteiger partial charge in [-0.25, -0.2) is 4.79 Å². The number of amides is 3. The third-order valence-corrected chi connectivity index (χ3v) is 5.77. The zero-order chi connectivity index (χ0) is 23.8. The van der Waals surface area contributed by atoms with Crippen LogP contribution in [0.1, 0.15) is 11.5 Å². The number of hydrogen-bond donors (Lipinski definition) is 1. The van der Waals surface area contributed by atoms with Crippen LogP contribution in [0.2, 0.25) is 10.0 Å². The molecule has 0 spiro atoms. The summed E-state index contributed by atoms with van der Waals surface area (Å²) in [7, 11) is 3.45. The molecule has 8 nitrogen and oxygen atoms in total. The second kappa shape index (κ2) is 11.8. The van der Waals surface area contributed by atoms with E-state index in [1.54, 1.807) is 35.4 Å². The monoisotopic (exact) mass is 492 g/mol. The maximum atomic E-state index is 13.3. The lowest BCUT2D eigenvalue weighted by Gasteiger charge is -2.27. The molecule has 3 amide bonds. The summed E-state index contributed by atoms with van der Waals surface area (Å²) in [5, 5.41) is 3.46. The number of aromatic nitrogens is 1. The molecule has 10 heteroatoms. The third kappa shape index (κ3) is 7.02. The predicted octanol–water partition coefficient (Wildman–Crippen LogP) is 4.63. The first-order valence-electron chi connectivity index (χ1n) is 10.3. The maximum absolute atomic E-state index is 13.3. The van der Waals surface area contributed by atoms with Gasteiger partial charge in [0.1, 0.15) is 12.3 Å². The summed E-state index contributed by atoms with van der Waals surface area (Å²) >= 11 is 12.0. The summed E-state index contributed by atoms with van der Waals surface area (Å²) < 4.78 is 12.5. The highest BCUT2D eigenvalue weighted by molar-refractivity contribution is 6.42. The van der Waals surface area contributed by atoms with Crippen LogP contribution in [0.15, 0.2) is 59.3 Å². The van der Waals surface area contributed by atoms with Crippen LogP contribution in [0, 0.1) is 0 Å². The highest BCUT2D eigenvalue weighted by Gasteiger charge is 2.23. The molecule has 0 aliphatic rings. The quantitative estimate of drug-likeness (QED) is 0.447. The van der Waals surface area contributed by atoms with Crippen LogP contribution in [0.4, 0.5) is 10.5 Å². The summed E-state index contributed by atoms with van der Waals surface area (Å²) in [5.41, 5.74) is 1.43. The number of methoxy groups -OCH3 is 1. The molecule has 0 radical (unpaired) electrons. The van der Waals surface area contributed by atoms with Gasteiger partial charge in [-0.05, 0) is 42.5 Å². The Morgan fingerprint density at radius 1 is 1.09 bits per heavy atom. The SMILES string of the molecule is COCCN(CC(=O)N(Cc1ccco1)Cc1cccn1C)C(=O)Nc1ccc(Cl)c(Cl)c1. The van der Waals surface area contributed by atoms with Crippen molar-refractivity contribution in [1.82, 2.24) is 14.4 Å². The van der Waals surface area contributed by atoms with E-state index in [0.29, 0.717) is 28.0 Å². The normalized spacial score (nSPS) is 10.8. The van der Waals surface area contributed by atoms with Gasteiger partial charge < -0.3 is 28.8 Å². The molecule has 176 valence electrons. The average molecular weight is 493 g/mol. The van der Waals surface area contributed by atoms with Crippen molar-refractivity contribution >= 4 is 40.8 Å². The first-order chi connectivity index (χ1) is 15.9. The Labute approximate surface area is 202 Å². The molecule has 0 aliphatic carbocycles. The van der Waals surface area contributed by atoms with Crippen LogP contribution in [0.25, 0.3) is 0 Å². The van der Waals surface area contributed by atoms with Gasteiger partial charge in [0.2, 0.25) is 5.91 Å². The van der Waals surface area contributed by atoms with Crippen LogP contribution in [-0.4, -0.2) is 53.1 Å². The molecule has 1 N–H and O–H groups in total. The van der Waals surface area contributed by atoms with Crippen LogP contribution < -0.4 is 5.32 Å². The fourth-order valence-corrected chi connectivity index (χ4v) is 3.47. The number of nitrogens with one attached hydrogen (secondary N) is 1. The highest BCUT2D eigenvalue weighted by atomic mass is 35.5. The smallest absolute Gasteiger partial charge is 0.322 e. The lowest BCUT2D eigenvalue weighted by molar-refractivity contribution is -0.133. The van der Waals surface area contributed by atoms with Gasteiger partial charge in [0, 0.05) is 38.3 Å². The van der Waals surface area contributed by atoms with Gasteiger partial charge in [-0.2, -0.15) is 0 Å². The van der Waals surface area contributed by atoms with Crippen molar-refractivity contribution < 1.29 is 18.7 Å². The van der Waals surface area contributed by atoms with Crippen molar-refractivity contribution in [3.63, 3.8) is 0 Å². The summed E-state index contributed by atoms with van der Waals surface area (Å²) in [6.07, 6.45) is 3.48. The fourth-order valence-electron chi connectivity index (χ4n) is 3.17. The first kappa shape index (κ1) is 24.7. The number of aryl methyl sites for hydroxylation is 1. The summed E-state index contributed by atoms with van der Waals surface area (Å²) in [6.45, 7) is 1.02. The Bertz CT molecular complexity index is 1070. The van der Waals surface area contributed by atoms with Gasteiger partial charge in [-0.1, -0.05) is 23.2 Å². The van der Waals surface area contributed by atoms with Gasteiger partial charge in [0.25, 0.3) is 0 Å². The molecule has 3 aromatic rings. The predicted molar refractivity (Wildman–Crippen MR) is 127 cm³/mol. The molecule has 0 saturated carbocycles. The van der Waals surface area contributed by atoms with Crippen LogP contribution in [-0.2, 0) is 29.7 Å². The van der Waals surface area contributed by atoms with E-state index in [1.165, 1.54) is 12.0 Å². The number of rotatable bonds is 10. The number of anilines is 1. The molecular formula is C23H26Cl2N4O4. The van der Waals surface area contributed by atoms with Crippen molar-refractivity contribution in [3.05, 3.63) is 76.4 Å². The minimum absolute atomic E-state index is 0.137. The van der Waals surface area contributed by atoms with Gasteiger partial charge in [0.15, 0.2) is 0 Å². The Kier molecular flexibility index (Phi) is 8.82. The molecule has 0 aliphatic heterocycles. The molecule has 0 atom stereocenters. The number of urea groups is 1. The molecule has 2 heterocycles. The second-order valence-electron chi connectivity index (χ2n) is 7.41. The Morgan fingerprint density at radius 2 is 1.91 bits per heavy atom. The van der Waals surface area contributed by atoms with Crippen molar-refractivity contribution in [3.8, 4) is 0 Å². The van der Waals surface area contributed by atoms with Crippen LogP contribution >= 0.6 is 23.2 Å². The number of carbonyl (C=O) groups excluding carboxylic acids is 2. The molecule has 3 rings (SSSR count). The van der Waals surface area contributed by atoms with E-state index in [-0.39, 0.29) is 32.1 Å². The van der Waals surface area contributed by atoms with Crippen molar-refractivity contribution in [1.29, 1.82) is 0 Å². The topological polar surface area (TPSA) is 80.0 Å².